The number of hydrogen-bond donors (Lipinski definition) is 0. The topological polar surface area (TPSA) is 22.4 Å². The summed E-state index contributed by atoms with van der Waals surface area (Å²) >= 11 is 0. The van der Waals surface area contributed by atoms with Gasteiger partial charge in [-0.2, -0.15) is 0 Å². The summed E-state index contributed by atoms with van der Waals surface area (Å²) in [7, 11) is 0. The van der Waals surface area contributed by atoms with Crippen molar-refractivity contribution in [3.8, 4) is 11.5 Å². The number of ether oxygens (including phenoxy) is 1. The van der Waals surface area contributed by atoms with Crippen molar-refractivity contribution in [2.24, 2.45) is 0 Å². The maximum atomic E-state index is 14.4. The maximum absolute atomic E-state index is 14.4. The summed E-state index contributed by atoms with van der Waals surface area (Å²) < 4.78 is 40.1. The molecule has 25 heavy (non-hydrogen) atoms. The molecule has 0 bridgehead atoms. The molecule has 126 valence electrons. The zero-order chi connectivity index (χ0) is 17.6. The summed E-state index contributed by atoms with van der Waals surface area (Å²) in [6.07, 6.45) is 0. The smallest absolute Gasteiger partial charge is 0.198 e. The highest BCUT2D eigenvalue weighted by Crippen LogP contribution is 2.38. The molecule has 1 aromatic heterocycles. The lowest BCUT2D eigenvalue weighted by Crippen LogP contribution is -1.97. The Morgan fingerprint density at radius 3 is 2.28 bits per heavy atom. The highest BCUT2D eigenvalue weighted by atomic mass is 19.1. The zero-order valence-corrected chi connectivity index (χ0v) is 13.8. The fourth-order valence-corrected chi connectivity index (χ4v) is 2.92. The van der Waals surface area contributed by atoms with Crippen LogP contribution in [0.5, 0.6) is 11.5 Å². The van der Waals surface area contributed by atoms with E-state index in [0.717, 1.165) is 10.8 Å². The Morgan fingerprint density at radius 1 is 0.880 bits per heavy atom. The molecule has 4 aromatic rings. The molecule has 0 aliphatic heterocycles. The van der Waals surface area contributed by atoms with Crippen LogP contribution >= 0.6 is 0 Å². The summed E-state index contributed by atoms with van der Waals surface area (Å²) in [4.78, 5) is 0. The van der Waals surface area contributed by atoms with Crippen LogP contribution in [-0.4, -0.2) is 0 Å². The van der Waals surface area contributed by atoms with Crippen molar-refractivity contribution in [1.29, 1.82) is 0 Å². The Kier molecular flexibility index (Phi) is 3.68. The van der Waals surface area contributed by atoms with Gasteiger partial charge in [-0.25, -0.2) is 8.78 Å². The molecular formula is C21H16F2O2. The van der Waals surface area contributed by atoms with E-state index >= 15 is 0 Å². The van der Waals surface area contributed by atoms with Crippen LogP contribution in [0.3, 0.4) is 0 Å². The van der Waals surface area contributed by atoms with E-state index in [0.29, 0.717) is 16.7 Å². The molecule has 0 spiro atoms. The van der Waals surface area contributed by atoms with Gasteiger partial charge in [0.2, 0.25) is 0 Å². The molecule has 0 fully saturated rings. The number of benzene rings is 3. The molecule has 3 aromatic carbocycles. The Hall–Kier alpha value is -2.88. The lowest BCUT2D eigenvalue weighted by molar-refractivity contribution is 0.404. The fraction of sp³-hybridized carbons (Fsp3) is 0.143. The summed E-state index contributed by atoms with van der Waals surface area (Å²) in [6, 6.07) is 15.5. The van der Waals surface area contributed by atoms with E-state index < -0.39 is 17.4 Å². The second kappa shape index (κ2) is 5.88. The largest absolute Gasteiger partial charge is 0.452 e. The van der Waals surface area contributed by atoms with Crippen LogP contribution in [0.1, 0.15) is 25.3 Å². The SMILES string of the molecule is CC(C)c1cc(F)c(Oc2cccc3c2oc2ccccc23)c(F)c1. The predicted octanol–water partition coefficient (Wildman–Crippen LogP) is 6.78. The molecule has 0 radical (unpaired) electrons. The summed E-state index contributed by atoms with van der Waals surface area (Å²) in [5, 5.41) is 1.77. The van der Waals surface area contributed by atoms with Gasteiger partial charge in [0.1, 0.15) is 5.58 Å². The van der Waals surface area contributed by atoms with Gasteiger partial charge in [0, 0.05) is 10.8 Å². The number of furan rings is 1. The minimum atomic E-state index is -0.725. The van der Waals surface area contributed by atoms with E-state index in [9.17, 15) is 8.78 Å². The van der Waals surface area contributed by atoms with E-state index in [4.69, 9.17) is 9.15 Å². The van der Waals surface area contributed by atoms with Crippen LogP contribution < -0.4 is 4.74 Å². The summed E-state index contributed by atoms with van der Waals surface area (Å²) in [5.41, 5.74) is 1.75. The van der Waals surface area contributed by atoms with Crippen LogP contribution in [-0.2, 0) is 0 Å². The number of fused-ring (bicyclic) bond motifs is 3. The summed E-state index contributed by atoms with van der Waals surface area (Å²) in [5.74, 6) is -1.56. The first-order chi connectivity index (χ1) is 12.0. The number of hydrogen-bond acceptors (Lipinski definition) is 2. The van der Waals surface area contributed by atoms with Crippen molar-refractivity contribution in [3.05, 3.63) is 71.8 Å². The molecular weight excluding hydrogens is 322 g/mol. The van der Waals surface area contributed by atoms with Gasteiger partial charge < -0.3 is 9.15 Å². The second-order valence-electron chi connectivity index (χ2n) is 6.30. The highest BCUT2D eigenvalue weighted by Gasteiger charge is 2.18. The normalized spacial score (nSPS) is 11.6. The van der Waals surface area contributed by atoms with Crippen molar-refractivity contribution in [1.82, 2.24) is 0 Å². The minimum Gasteiger partial charge on any atom is -0.452 e. The first kappa shape index (κ1) is 15.6. The minimum absolute atomic E-state index is 0.0249. The third-order valence-electron chi connectivity index (χ3n) is 4.27. The van der Waals surface area contributed by atoms with Crippen LogP contribution in [0.4, 0.5) is 8.78 Å². The molecule has 0 aliphatic rings. The van der Waals surface area contributed by atoms with Gasteiger partial charge in [-0.3, -0.25) is 0 Å². The molecule has 4 heteroatoms. The maximum Gasteiger partial charge on any atom is 0.198 e. The van der Waals surface area contributed by atoms with Gasteiger partial charge in [-0.15, -0.1) is 0 Å². The average Bonchev–Trinajstić information content (AvgIpc) is 2.97. The number of para-hydroxylation sites is 2. The van der Waals surface area contributed by atoms with E-state index in [1.54, 1.807) is 12.1 Å². The van der Waals surface area contributed by atoms with E-state index in [2.05, 4.69) is 0 Å². The standard InChI is InChI=1S/C21H16F2O2/c1-12(2)13-10-16(22)21(17(23)11-13)25-19-9-5-7-15-14-6-3-4-8-18(14)24-20(15)19/h3-12H,1-2H3. The lowest BCUT2D eigenvalue weighted by atomic mass is 10.0. The Labute approximate surface area is 143 Å². The van der Waals surface area contributed by atoms with Crippen LogP contribution in [0.25, 0.3) is 21.9 Å². The predicted molar refractivity (Wildman–Crippen MR) is 94.2 cm³/mol. The summed E-state index contributed by atoms with van der Waals surface area (Å²) in [6.45, 7) is 3.76. The fourth-order valence-electron chi connectivity index (χ4n) is 2.92. The molecule has 0 amide bonds. The Bertz CT molecular complexity index is 1060. The average molecular weight is 338 g/mol. The first-order valence-electron chi connectivity index (χ1n) is 8.11. The highest BCUT2D eigenvalue weighted by molar-refractivity contribution is 6.06. The molecule has 0 unspecified atom stereocenters. The molecule has 2 nitrogen and oxygen atoms in total. The Morgan fingerprint density at radius 2 is 1.56 bits per heavy atom. The van der Waals surface area contributed by atoms with E-state index in [-0.39, 0.29) is 11.7 Å². The van der Waals surface area contributed by atoms with Crippen LogP contribution in [0, 0.1) is 11.6 Å². The third kappa shape index (κ3) is 2.64. The van der Waals surface area contributed by atoms with Crippen LogP contribution in [0.15, 0.2) is 59.0 Å². The van der Waals surface area contributed by atoms with Crippen molar-refractivity contribution in [2.45, 2.75) is 19.8 Å². The second-order valence-corrected chi connectivity index (χ2v) is 6.30. The van der Waals surface area contributed by atoms with Crippen LogP contribution in [0.2, 0.25) is 0 Å². The van der Waals surface area contributed by atoms with Gasteiger partial charge in [0.05, 0.1) is 0 Å². The van der Waals surface area contributed by atoms with Gasteiger partial charge in [0.15, 0.2) is 28.7 Å². The number of rotatable bonds is 3. The first-order valence-corrected chi connectivity index (χ1v) is 8.11. The molecule has 1 heterocycles. The number of halogens is 2. The van der Waals surface area contributed by atoms with E-state index in [1.807, 2.05) is 44.2 Å². The zero-order valence-electron chi connectivity index (χ0n) is 13.8. The molecule has 0 saturated carbocycles. The van der Waals surface area contributed by atoms with Gasteiger partial charge >= 0.3 is 0 Å². The van der Waals surface area contributed by atoms with Crippen molar-refractivity contribution < 1.29 is 17.9 Å². The monoisotopic (exact) mass is 338 g/mol. The molecule has 0 aliphatic carbocycles. The molecule has 0 atom stereocenters. The van der Waals surface area contributed by atoms with Crippen molar-refractivity contribution >= 4 is 21.9 Å². The van der Waals surface area contributed by atoms with Gasteiger partial charge in [0.25, 0.3) is 0 Å². The molecule has 0 N–H and O–H groups in total. The lowest BCUT2D eigenvalue weighted by Gasteiger charge is -2.11. The Balaban J connectivity index is 1.84. The van der Waals surface area contributed by atoms with Gasteiger partial charge in [-0.05, 0) is 35.7 Å². The molecule has 0 saturated heterocycles. The van der Waals surface area contributed by atoms with Crippen molar-refractivity contribution in [2.75, 3.05) is 0 Å². The quantitative estimate of drug-likeness (QED) is 0.411. The van der Waals surface area contributed by atoms with Gasteiger partial charge in [-0.1, -0.05) is 44.2 Å². The third-order valence-corrected chi connectivity index (χ3v) is 4.27. The molecule has 4 rings (SSSR count). The van der Waals surface area contributed by atoms with Crippen molar-refractivity contribution in [3.63, 3.8) is 0 Å². The van der Waals surface area contributed by atoms with E-state index in [1.165, 1.54) is 12.1 Å².